The van der Waals surface area contributed by atoms with Crippen molar-refractivity contribution in [1.29, 1.82) is 0 Å². The van der Waals surface area contributed by atoms with Gasteiger partial charge in [0.2, 0.25) is 0 Å². The van der Waals surface area contributed by atoms with Crippen LogP contribution in [0.2, 0.25) is 0 Å². The van der Waals surface area contributed by atoms with E-state index in [4.69, 9.17) is 0 Å². The van der Waals surface area contributed by atoms with Gasteiger partial charge in [0.25, 0.3) is 0 Å². The van der Waals surface area contributed by atoms with E-state index in [9.17, 15) is 14.7 Å². The third-order valence-electron chi connectivity index (χ3n) is 3.79. The average molecular weight is 385 g/mol. The van der Waals surface area contributed by atoms with Crippen LogP contribution in [-0.2, 0) is 4.79 Å². The van der Waals surface area contributed by atoms with E-state index in [1.54, 1.807) is 24.3 Å². The summed E-state index contributed by atoms with van der Waals surface area (Å²) in [4.78, 5) is 24.3. The van der Waals surface area contributed by atoms with Crippen molar-refractivity contribution < 1.29 is 14.7 Å². The Morgan fingerprint density at radius 1 is 1.17 bits per heavy atom. The Bertz CT molecular complexity index is 564. The fraction of sp³-hybridized carbons (Fsp3) is 0.529. The number of aliphatic carboxylic acids is 1. The Morgan fingerprint density at radius 2 is 1.70 bits per heavy atom. The smallest absolute Gasteiger partial charge is 0.330 e. The molecule has 1 rings (SSSR count). The van der Waals surface area contributed by atoms with Gasteiger partial charge in [-0.2, -0.15) is 0 Å². The van der Waals surface area contributed by atoms with E-state index >= 15 is 0 Å². The molecule has 0 bridgehead atoms. The van der Waals surface area contributed by atoms with Gasteiger partial charge in [-0.15, -0.1) is 0 Å². The van der Waals surface area contributed by atoms with Crippen molar-refractivity contribution >= 4 is 33.6 Å². The molecule has 0 fully saturated rings. The molecule has 0 heterocycles. The highest BCUT2D eigenvalue weighted by Gasteiger charge is 2.50. The molecule has 5 nitrogen and oxygen atoms in total. The van der Waals surface area contributed by atoms with Crippen LogP contribution in [0.3, 0.4) is 0 Å². The number of carbonyl (C=O) groups is 2. The monoisotopic (exact) mass is 384 g/mol. The van der Waals surface area contributed by atoms with Crippen LogP contribution < -0.4 is 10.6 Å². The molecule has 0 aliphatic rings. The van der Waals surface area contributed by atoms with Gasteiger partial charge >= 0.3 is 12.0 Å². The molecule has 0 radical (unpaired) electrons. The molecule has 23 heavy (non-hydrogen) atoms. The molecule has 1 atom stereocenters. The number of anilines is 1. The maximum Gasteiger partial charge on any atom is 0.330 e. The Morgan fingerprint density at radius 3 is 2.09 bits per heavy atom. The molecule has 0 saturated heterocycles. The molecule has 2 amide bonds. The Hall–Kier alpha value is -1.56. The number of nitrogens with one attached hydrogen (secondary N) is 2. The molecule has 6 heteroatoms. The first kappa shape index (κ1) is 19.5. The predicted octanol–water partition coefficient (Wildman–Crippen LogP) is 4.49. The lowest BCUT2D eigenvalue weighted by Crippen LogP contribution is -2.63. The number of benzene rings is 1. The van der Waals surface area contributed by atoms with Crippen molar-refractivity contribution in [2.24, 2.45) is 11.3 Å². The minimum atomic E-state index is -1.35. The lowest BCUT2D eigenvalue weighted by molar-refractivity contribution is -0.150. The van der Waals surface area contributed by atoms with Gasteiger partial charge in [-0.05, 0) is 42.0 Å². The van der Waals surface area contributed by atoms with E-state index in [0.29, 0.717) is 12.1 Å². The molecular formula is C17H25BrN2O3. The van der Waals surface area contributed by atoms with Crippen molar-refractivity contribution in [3.05, 3.63) is 28.7 Å². The fourth-order valence-corrected chi connectivity index (χ4v) is 2.77. The number of rotatable bonds is 5. The van der Waals surface area contributed by atoms with E-state index < -0.39 is 23.0 Å². The third-order valence-corrected chi connectivity index (χ3v) is 4.32. The highest BCUT2D eigenvalue weighted by molar-refractivity contribution is 9.10. The molecule has 128 valence electrons. The third kappa shape index (κ3) is 4.96. The largest absolute Gasteiger partial charge is 0.479 e. The normalized spacial score (nSPS) is 14.2. The van der Waals surface area contributed by atoms with Crippen molar-refractivity contribution in [1.82, 2.24) is 5.32 Å². The van der Waals surface area contributed by atoms with E-state index in [1.165, 1.54) is 0 Å². The molecule has 0 aliphatic heterocycles. The summed E-state index contributed by atoms with van der Waals surface area (Å²) in [7, 11) is 0. The summed E-state index contributed by atoms with van der Waals surface area (Å²) in [5.41, 5.74) is -1.38. The lowest BCUT2D eigenvalue weighted by atomic mass is 9.69. The maximum absolute atomic E-state index is 12.3. The van der Waals surface area contributed by atoms with Crippen molar-refractivity contribution in [2.75, 3.05) is 5.32 Å². The molecular weight excluding hydrogens is 360 g/mol. The number of amides is 2. The van der Waals surface area contributed by atoms with Gasteiger partial charge in [-0.3, -0.25) is 0 Å². The summed E-state index contributed by atoms with van der Waals surface area (Å²) in [5.74, 6) is -0.900. The number of hydrogen-bond acceptors (Lipinski definition) is 2. The van der Waals surface area contributed by atoms with Gasteiger partial charge in [0.1, 0.15) is 5.54 Å². The summed E-state index contributed by atoms with van der Waals surface area (Å²) < 4.78 is 0.901. The second-order valence-corrected chi connectivity index (χ2v) is 8.06. The molecule has 1 aromatic rings. The summed E-state index contributed by atoms with van der Waals surface area (Å²) >= 11 is 3.33. The SMILES string of the molecule is CC(C)C[C@@](NC(=O)Nc1ccc(Br)cc1)(C(=O)O)C(C)(C)C. The van der Waals surface area contributed by atoms with E-state index in [2.05, 4.69) is 26.6 Å². The van der Waals surface area contributed by atoms with Gasteiger partial charge in [0, 0.05) is 10.2 Å². The van der Waals surface area contributed by atoms with Crippen molar-refractivity contribution in [3.63, 3.8) is 0 Å². The van der Waals surface area contributed by atoms with Crippen LogP contribution >= 0.6 is 15.9 Å². The van der Waals surface area contributed by atoms with E-state index in [1.807, 2.05) is 34.6 Å². The molecule has 1 aromatic carbocycles. The Balaban J connectivity index is 3.02. The number of urea groups is 1. The van der Waals surface area contributed by atoms with Gasteiger partial charge in [-0.1, -0.05) is 50.5 Å². The molecule has 0 aliphatic carbocycles. The minimum absolute atomic E-state index is 0.123. The van der Waals surface area contributed by atoms with Crippen LogP contribution in [0.1, 0.15) is 41.0 Å². The topological polar surface area (TPSA) is 78.4 Å². The fourth-order valence-electron chi connectivity index (χ4n) is 2.51. The first-order chi connectivity index (χ1) is 10.5. The Labute approximate surface area is 146 Å². The summed E-state index contributed by atoms with van der Waals surface area (Å²) in [5, 5.41) is 15.2. The zero-order chi connectivity index (χ0) is 17.8. The standard InChI is InChI=1S/C17H25BrN2O3/c1-11(2)10-17(14(21)22,16(3,4)5)20-15(23)19-13-8-6-12(18)7-9-13/h6-9,11H,10H2,1-5H3,(H,21,22)(H2,19,20,23)/t17-/m1/s1. The highest BCUT2D eigenvalue weighted by Crippen LogP contribution is 2.36. The summed E-state index contributed by atoms with van der Waals surface area (Å²) in [6.45, 7) is 9.35. The number of halogens is 1. The quantitative estimate of drug-likeness (QED) is 0.699. The first-order valence-corrected chi connectivity index (χ1v) is 8.35. The van der Waals surface area contributed by atoms with Crippen LogP contribution in [0.15, 0.2) is 28.7 Å². The van der Waals surface area contributed by atoms with Gasteiger partial charge in [0.15, 0.2) is 0 Å². The minimum Gasteiger partial charge on any atom is -0.479 e. The number of hydrogen-bond donors (Lipinski definition) is 3. The number of carbonyl (C=O) groups excluding carboxylic acids is 1. The van der Waals surface area contributed by atoms with E-state index in [0.717, 1.165) is 4.47 Å². The van der Waals surface area contributed by atoms with Crippen molar-refractivity contribution in [2.45, 2.75) is 46.6 Å². The first-order valence-electron chi connectivity index (χ1n) is 7.56. The molecule has 0 spiro atoms. The summed E-state index contributed by atoms with van der Waals surface area (Å²) in [6, 6.07) is 6.57. The van der Waals surface area contributed by atoms with Crippen LogP contribution in [0, 0.1) is 11.3 Å². The van der Waals surface area contributed by atoms with Crippen LogP contribution in [0.5, 0.6) is 0 Å². The summed E-state index contributed by atoms with van der Waals surface area (Å²) in [6.07, 6.45) is 0.347. The second kappa shape index (κ2) is 7.34. The molecule has 0 aromatic heterocycles. The highest BCUT2D eigenvalue weighted by atomic mass is 79.9. The zero-order valence-corrected chi connectivity index (χ0v) is 15.8. The van der Waals surface area contributed by atoms with Crippen LogP contribution in [-0.4, -0.2) is 22.6 Å². The average Bonchev–Trinajstić information content (AvgIpc) is 2.38. The number of carboxylic acids is 1. The lowest BCUT2D eigenvalue weighted by Gasteiger charge is -2.42. The zero-order valence-electron chi connectivity index (χ0n) is 14.2. The van der Waals surface area contributed by atoms with Crippen LogP contribution in [0.4, 0.5) is 10.5 Å². The van der Waals surface area contributed by atoms with Gasteiger partial charge in [-0.25, -0.2) is 9.59 Å². The Kier molecular flexibility index (Phi) is 6.22. The molecule has 0 unspecified atom stereocenters. The van der Waals surface area contributed by atoms with Crippen molar-refractivity contribution in [3.8, 4) is 0 Å². The van der Waals surface area contributed by atoms with E-state index in [-0.39, 0.29) is 5.92 Å². The molecule has 0 saturated carbocycles. The van der Waals surface area contributed by atoms with Gasteiger partial charge in [0.05, 0.1) is 0 Å². The molecule has 3 N–H and O–H groups in total. The van der Waals surface area contributed by atoms with Gasteiger partial charge < -0.3 is 15.7 Å². The second-order valence-electron chi connectivity index (χ2n) is 7.14. The van der Waals surface area contributed by atoms with Crippen LogP contribution in [0.25, 0.3) is 0 Å². The number of carboxylic acid groups (broad SMARTS) is 1. The predicted molar refractivity (Wildman–Crippen MR) is 95.6 cm³/mol. The maximum atomic E-state index is 12.3.